The van der Waals surface area contributed by atoms with E-state index in [-0.39, 0.29) is 0 Å². The molecule has 0 aliphatic rings. The van der Waals surface area contributed by atoms with E-state index < -0.39 is 0 Å². The third kappa shape index (κ3) is 4.19. The average molecular weight is 389 g/mol. The zero-order chi connectivity index (χ0) is 13.0. The van der Waals surface area contributed by atoms with Crippen LogP contribution in [-0.2, 0) is 12.8 Å². The second kappa shape index (κ2) is 6.85. The molecule has 18 heavy (non-hydrogen) atoms. The highest BCUT2D eigenvalue weighted by molar-refractivity contribution is 9.10. The fourth-order valence-corrected chi connectivity index (χ4v) is 4.00. The van der Waals surface area contributed by atoms with Crippen molar-refractivity contribution in [3.05, 3.63) is 55.1 Å². The zero-order valence-corrected chi connectivity index (χ0v) is 13.9. The van der Waals surface area contributed by atoms with Gasteiger partial charge in [-0.25, -0.2) is 0 Å². The Morgan fingerprint density at radius 3 is 2.56 bits per heavy atom. The van der Waals surface area contributed by atoms with Gasteiger partial charge in [0.15, 0.2) is 0 Å². The summed E-state index contributed by atoms with van der Waals surface area (Å²) in [6.07, 6.45) is 2.09. The summed E-state index contributed by atoms with van der Waals surface area (Å²) in [5, 5.41) is 2.13. The highest BCUT2D eigenvalue weighted by Crippen LogP contribution is 2.24. The maximum atomic E-state index is 5.89. The standard InChI is InChI=1S/C14H15Br2NS/c15-12-3-1-2-10(5-12)4-11(8-17)6-14-7-13(16)9-18-14/h1-3,5,7,9,11H,4,6,8,17H2. The van der Waals surface area contributed by atoms with Crippen LogP contribution in [0, 0.1) is 5.92 Å². The molecule has 0 aliphatic heterocycles. The quantitative estimate of drug-likeness (QED) is 0.793. The van der Waals surface area contributed by atoms with Crippen molar-refractivity contribution in [3.8, 4) is 0 Å². The predicted octanol–water partition coefficient (Wildman–Crippen LogP) is 4.63. The molecule has 1 atom stereocenters. The molecular weight excluding hydrogens is 374 g/mol. The lowest BCUT2D eigenvalue weighted by Gasteiger charge is -2.14. The summed E-state index contributed by atoms with van der Waals surface area (Å²) in [7, 11) is 0. The maximum absolute atomic E-state index is 5.89. The van der Waals surface area contributed by atoms with Crippen molar-refractivity contribution < 1.29 is 0 Å². The zero-order valence-electron chi connectivity index (χ0n) is 9.90. The van der Waals surface area contributed by atoms with E-state index in [4.69, 9.17) is 5.73 Å². The van der Waals surface area contributed by atoms with Gasteiger partial charge < -0.3 is 5.73 Å². The van der Waals surface area contributed by atoms with Crippen LogP contribution in [0.4, 0.5) is 0 Å². The molecule has 0 fully saturated rings. The van der Waals surface area contributed by atoms with Crippen molar-refractivity contribution in [1.82, 2.24) is 0 Å². The Hall–Kier alpha value is -0.160. The Bertz CT molecular complexity index is 510. The molecule has 0 saturated heterocycles. The van der Waals surface area contributed by atoms with E-state index >= 15 is 0 Å². The van der Waals surface area contributed by atoms with Gasteiger partial charge in [0.2, 0.25) is 0 Å². The highest BCUT2D eigenvalue weighted by atomic mass is 79.9. The second-order valence-electron chi connectivity index (χ2n) is 4.37. The number of nitrogens with two attached hydrogens (primary N) is 1. The molecule has 1 nitrogen and oxygen atoms in total. The van der Waals surface area contributed by atoms with Crippen molar-refractivity contribution in [2.24, 2.45) is 11.7 Å². The van der Waals surface area contributed by atoms with E-state index in [1.807, 2.05) is 0 Å². The van der Waals surface area contributed by atoms with Gasteiger partial charge in [0.1, 0.15) is 0 Å². The summed E-state index contributed by atoms with van der Waals surface area (Å²) in [5.41, 5.74) is 7.24. The number of benzene rings is 1. The smallest absolute Gasteiger partial charge is 0.0285 e. The van der Waals surface area contributed by atoms with Crippen molar-refractivity contribution in [1.29, 1.82) is 0 Å². The number of halogens is 2. The largest absolute Gasteiger partial charge is 0.330 e. The van der Waals surface area contributed by atoms with Crippen LogP contribution < -0.4 is 5.73 Å². The van der Waals surface area contributed by atoms with E-state index in [2.05, 4.69) is 67.6 Å². The molecular formula is C14H15Br2NS. The first-order valence-electron chi connectivity index (χ1n) is 5.85. The van der Waals surface area contributed by atoms with Crippen molar-refractivity contribution in [2.45, 2.75) is 12.8 Å². The van der Waals surface area contributed by atoms with E-state index in [0.29, 0.717) is 5.92 Å². The molecule has 0 saturated carbocycles. The Morgan fingerprint density at radius 2 is 1.94 bits per heavy atom. The highest BCUT2D eigenvalue weighted by Gasteiger charge is 2.10. The van der Waals surface area contributed by atoms with Crippen LogP contribution in [0.3, 0.4) is 0 Å². The van der Waals surface area contributed by atoms with E-state index in [9.17, 15) is 0 Å². The lowest BCUT2D eigenvalue weighted by molar-refractivity contribution is 0.537. The first-order chi connectivity index (χ1) is 8.67. The molecule has 1 unspecified atom stereocenters. The summed E-state index contributed by atoms with van der Waals surface area (Å²) in [6.45, 7) is 0.724. The van der Waals surface area contributed by atoms with Crippen LogP contribution in [0.2, 0.25) is 0 Å². The van der Waals surface area contributed by atoms with Crippen LogP contribution in [0.25, 0.3) is 0 Å². The van der Waals surface area contributed by atoms with Gasteiger partial charge in [-0.3, -0.25) is 0 Å². The monoisotopic (exact) mass is 387 g/mol. The van der Waals surface area contributed by atoms with Crippen LogP contribution in [0.1, 0.15) is 10.4 Å². The minimum absolute atomic E-state index is 0.504. The van der Waals surface area contributed by atoms with Crippen LogP contribution in [-0.4, -0.2) is 6.54 Å². The summed E-state index contributed by atoms with van der Waals surface area (Å²) in [6, 6.07) is 10.7. The number of thiophene rings is 1. The van der Waals surface area contributed by atoms with E-state index in [1.165, 1.54) is 14.9 Å². The van der Waals surface area contributed by atoms with Crippen molar-refractivity contribution in [2.75, 3.05) is 6.54 Å². The molecule has 1 heterocycles. The van der Waals surface area contributed by atoms with Crippen LogP contribution in [0.15, 0.2) is 44.7 Å². The normalized spacial score (nSPS) is 12.6. The van der Waals surface area contributed by atoms with Gasteiger partial charge in [0.05, 0.1) is 0 Å². The minimum Gasteiger partial charge on any atom is -0.330 e. The summed E-state index contributed by atoms with van der Waals surface area (Å²) in [4.78, 5) is 1.40. The molecule has 4 heteroatoms. The number of rotatable bonds is 5. The van der Waals surface area contributed by atoms with Gasteiger partial charge in [-0.15, -0.1) is 11.3 Å². The molecule has 2 aromatic rings. The average Bonchev–Trinajstić information content (AvgIpc) is 2.74. The van der Waals surface area contributed by atoms with Gasteiger partial charge in [-0.2, -0.15) is 0 Å². The molecule has 1 aromatic carbocycles. The molecule has 2 rings (SSSR count). The molecule has 2 N–H and O–H groups in total. The first kappa shape index (κ1) is 14.3. The van der Waals surface area contributed by atoms with Gasteiger partial charge >= 0.3 is 0 Å². The molecule has 1 aromatic heterocycles. The SMILES string of the molecule is NCC(Cc1cccc(Br)c1)Cc1cc(Br)cs1. The van der Waals surface area contributed by atoms with E-state index in [0.717, 1.165) is 23.9 Å². The first-order valence-corrected chi connectivity index (χ1v) is 8.31. The lowest BCUT2D eigenvalue weighted by atomic mass is 9.96. The Morgan fingerprint density at radius 1 is 1.11 bits per heavy atom. The van der Waals surface area contributed by atoms with Gasteiger partial charge in [-0.05, 0) is 65.0 Å². The van der Waals surface area contributed by atoms with Crippen LogP contribution in [0.5, 0.6) is 0 Å². The van der Waals surface area contributed by atoms with Gasteiger partial charge in [0.25, 0.3) is 0 Å². The molecule has 96 valence electrons. The van der Waals surface area contributed by atoms with Gasteiger partial charge in [-0.1, -0.05) is 28.1 Å². The Kier molecular flexibility index (Phi) is 5.42. The Labute approximate surface area is 129 Å². The Balaban J connectivity index is 2.01. The molecule has 0 radical (unpaired) electrons. The molecule has 0 amide bonds. The predicted molar refractivity (Wildman–Crippen MR) is 86.1 cm³/mol. The van der Waals surface area contributed by atoms with Crippen molar-refractivity contribution in [3.63, 3.8) is 0 Å². The summed E-state index contributed by atoms with van der Waals surface area (Å²) in [5.74, 6) is 0.504. The minimum atomic E-state index is 0.504. The number of hydrogen-bond acceptors (Lipinski definition) is 2. The van der Waals surface area contributed by atoms with Crippen LogP contribution >= 0.6 is 43.2 Å². The molecule has 0 bridgehead atoms. The number of hydrogen-bond donors (Lipinski definition) is 1. The maximum Gasteiger partial charge on any atom is 0.0285 e. The fraction of sp³-hybridized carbons (Fsp3) is 0.286. The topological polar surface area (TPSA) is 26.0 Å². The molecule has 0 spiro atoms. The van der Waals surface area contributed by atoms with Gasteiger partial charge in [0, 0.05) is 19.2 Å². The summed E-state index contributed by atoms with van der Waals surface area (Å²) >= 11 is 8.80. The fourth-order valence-electron chi connectivity index (χ4n) is 1.98. The van der Waals surface area contributed by atoms with E-state index in [1.54, 1.807) is 11.3 Å². The van der Waals surface area contributed by atoms with Crippen molar-refractivity contribution >= 4 is 43.2 Å². The lowest BCUT2D eigenvalue weighted by Crippen LogP contribution is -2.18. The third-order valence-corrected chi connectivity index (χ3v) is 5.07. The second-order valence-corrected chi connectivity index (χ2v) is 7.20. The molecule has 0 aliphatic carbocycles. The summed E-state index contributed by atoms with van der Waals surface area (Å²) < 4.78 is 2.30. The third-order valence-electron chi connectivity index (χ3n) is 2.86.